The highest BCUT2D eigenvalue weighted by atomic mass is 32.1. The summed E-state index contributed by atoms with van der Waals surface area (Å²) in [6, 6.07) is 13.4. The number of aromatic nitrogens is 1. The van der Waals surface area contributed by atoms with E-state index in [1.54, 1.807) is 31.2 Å². The van der Waals surface area contributed by atoms with E-state index in [1.807, 2.05) is 24.3 Å². The summed E-state index contributed by atoms with van der Waals surface area (Å²) in [6.07, 6.45) is 1.91. The van der Waals surface area contributed by atoms with Crippen LogP contribution in [0.1, 0.15) is 62.9 Å². The fourth-order valence-corrected chi connectivity index (χ4v) is 5.32. The van der Waals surface area contributed by atoms with E-state index in [0.29, 0.717) is 34.6 Å². The number of carbonyl (C=O) groups is 2. The summed E-state index contributed by atoms with van der Waals surface area (Å²) in [6.45, 7) is 4.32. The van der Waals surface area contributed by atoms with Gasteiger partial charge in [0.2, 0.25) is 5.76 Å². The first-order valence-electron chi connectivity index (χ1n) is 11.6. The van der Waals surface area contributed by atoms with Crippen molar-refractivity contribution in [3.63, 3.8) is 0 Å². The van der Waals surface area contributed by atoms with Gasteiger partial charge in [-0.25, -0.2) is 9.78 Å². The van der Waals surface area contributed by atoms with Crippen LogP contribution >= 0.6 is 11.3 Å². The number of methoxy groups -OCH3 is 1. The van der Waals surface area contributed by atoms with Crippen molar-refractivity contribution in [1.29, 1.82) is 0 Å². The van der Waals surface area contributed by atoms with Gasteiger partial charge in [0.05, 0.1) is 36.4 Å². The minimum Gasteiger partial charge on any atom is -0.494 e. The van der Waals surface area contributed by atoms with Gasteiger partial charge in [-0.2, -0.15) is 0 Å². The van der Waals surface area contributed by atoms with Crippen LogP contribution in [0, 0.1) is 6.92 Å². The number of para-hydroxylation sites is 1. The molecule has 4 aromatic rings. The molecule has 1 amide bonds. The Morgan fingerprint density at radius 3 is 2.75 bits per heavy atom. The number of nitrogens with zero attached hydrogens (tertiary/aromatic N) is 2. The monoisotopic (exact) mass is 504 g/mol. The highest BCUT2D eigenvalue weighted by molar-refractivity contribution is 7.17. The Kier molecular flexibility index (Phi) is 6.32. The quantitative estimate of drug-likeness (QED) is 0.250. The van der Waals surface area contributed by atoms with Crippen molar-refractivity contribution in [2.24, 2.45) is 0 Å². The molecule has 0 saturated carbocycles. The molecule has 9 heteroatoms. The van der Waals surface area contributed by atoms with E-state index in [-0.39, 0.29) is 26.8 Å². The van der Waals surface area contributed by atoms with Crippen LogP contribution in [0.5, 0.6) is 5.75 Å². The zero-order valence-corrected chi connectivity index (χ0v) is 20.9. The maximum atomic E-state index is 13.7. The van der Waals surface area contributed by atoms with Crippen LogP contribution in [0.25, 0.3) is 11.0 Å². The summed E-state index contributed by atoms with van der Waals surface area (Å²) in [5.41, 5.74) is 1.39. The van der Waals surface area contributed by atoms with Gasteiger partial charge in [-0.1, -0.05) is 48.9 Å². The van der Waals surface area contributed by atoms with Crippen molar-refractivity contribution in [3.05, 3.63) is 86.2 Å². The molecule has 2 aromatic carbocycles. The van der Waals surface area contributed by atoms with Gasteiger partial charge in [0.1, 0.15) is 16.2 Å². The summed E-state index contributed by atoms with van der Waals surface area (Å²) >= 11 is 1.04. The largest absolute Gasteiger partial charge is 0.494 e. The first-order chi connectivity index (χ1) is 17.4. The molecule has 1 aliphatic heterocycles. The second-order valence-electron chi connectivity index (χ2n) is 8.42. The molecule has 184 valence electrons. The van der Waals surface area contributed by atoms with E-state index < -0.39 is 17.9 Å². The fraction of sp³-hybridized carbons (Fsp3) is 0.259. The molecular weight excluding hydrogens is 480 g/mol. The number of thiazole rings is 1. The van der Waals surface area contributed by atoms with Crippen LogP contribution in [-0.4, -0.2) is 30.6 Å². The molecule has 2 aromatic heterocycles. The van der Waals surface area contributed by atoms with Gasteiger partial charge in [-0.05, 0) is 43.2 Å². The van der Waals surface area contributed by atoms with Gasteiger partial charge >= 0.3 is 5.97 Å². The Labute approximate surface area is 211 Å². The molecule has 3 heterocycles. The number of hydrogen-bond donors (Lipinski definition) is 0. The zero-order chi connectivity index (χ0) is 25.4. The van der Waals surface area contributed by atoms with Crippen LogP contribution in [0.3, 0.4) is 0 Å². The van der Waals surface area contributed by atoms with Crippen molar-refractivity contribution >= 4 is 39.3 Å². The highest BCUT2D eigenvalue weighted by Gasteiger charge is 2.45. The number of fused-ring (bicyclic) bond motifs is 2. The third kappa shape index (κ3) is 3.95. The van der Waals surface area contributed by atoms with Gasteiger partial charge in [0, 0.05) is 0 Å². The summed E-state index contributed by atoms with van der Waals surface area (Å²) < 4.78 is 16.7. The number of carbonyl (C=O) groups excluding carboxylic acids is 2. The van der Waals surface area contributed by atoms with E-state index in [4.69, 9.17) is 13.9 Å². The lowest BCUT2D eigenvalue weighted by Gasteiger charge is -2.23. The Hall–Kier alpha value is -3.98. The lowest BCUT2D eigenvalue weighted by molar-refractivity contribution is 0.0605. The molecule has 0 fully saturated rings. The molecule has 0 bridgehead atoms. The Morgan fingerprint density at radius 1 is 1.17 bits per heavy atom. The third-order valence-corrected chi connectivity index (χ3v) is 7.22. The van der Waals surface area contributed by atoms with Crippen LogP contribution in [0.4, 0.5) is 5.13 Å². The van der Waals surface area contributed by atoms with Crippen molar-refractivity contribution in [2.75, 3.05) is 18.6 Å². The molecule has 1 unspecified atom stereocenters. The van der Waals surface area contributed by atoms with Crippen molar-refractivity contribution in [1.82, 2.24) is 4.98 Å². The maximum Gasteiger partial charge on any atom is 0.350 e. The molecule has 0 radical (unpaired) electrons. The second kappa shape index (κ2) is 9.58. The van der Waals surface area contributed by atoms with Crippen LogP contribution < -0.4 is 15.1 Å². The number of ether oxygens (including phenoxy) is 2. The average molecular weight is 505 g/mol. The predicted octanol–water partition coefficient (Wildman–Crippen LogP) is 5.27. The van der Waals surface area contributed by atoms with Crippen LogP contribution in [0.2, 0.25) is 0 Å². The normalized spacial score (nSPS) is 14.8. The van der Waals surface area contributed by atoms with E-state index in [9.17, 15) is 14.4 Å². The minimum atomic E-state index is -0.806. The molecule has 8 nitrogen and oxygen atoms in total. The SMILES string of the molecule is CCCCOc1cccc(C2c3c(oc4ccccc4c3=O)C(=O)N2c2nc(C)c(C(=O)OC)s2)c1. The van der Waals surface area contributed by atoms with Gasteiger partial charge in [0.15, 0.2) is 10.6 Å². The van der Waals surface area contributed by atoms with Gasteiger partial charge < -0.3 is 13.9 Å². The second-order valence-corrected chi connectivity index (χ2v) is 9.40. The topological polar surface area (TPSA) is 98.9 Å². The molecule has 36 heavy (non-hydrogen) atoms. The number of anilines is 1. The summed E-state index contributed by atoms with van der Waals surface area (Å²) in [5, 5.41) is 0.659. The van der Waals surface area contributed by atoms with Crippen LogP contribution in [0.15, 0.2) is 57.7 Å². The minimum absolute atomic E-state index is 0.0338. The molecule has 5 rings (SSSR count). The maximum absolute atomic E-state index is 13.7. The number of amides is 1. The van der Waals surface area contributed by atoms with Crippen molar-refractivity contribution < 1.29 is 23.5 Å². The number of benzene rings is 2. The van der Waals surface area contributed by atoms with E-state index in [0.717, 1.165) is 24.2 Å². The standard InChI is InChI=1S/C27H24N2O6S/c1-4-5-13-34-17-10-8-9-16(14-17)21-20-22(30)18-11-6-7-12-19(18)35-23(20)25(31)29(21)27-28-15(2)24(36-27)26(32)33-3/h6-12,14,21H,4-5,13H2,1-3H3. The predicted molar refractivity (Wildman–Crippen MR) is 136 cm³/mol. The molecular formula is C27H24N2O6S. The van der Waals surface area contributed by atoms with E-state index in [2.05, 4.69) is 11.9 Å². The highest BCUT2D eigenvalue weighted by Crippen LogP contribution is 2.43. The van der Waals surface area contributed by atoms with Gasteiger partial charge in [-0.3, -0.25) is 14.5 Å². The number of rotatable bonds is 7. The third-order valence-electron chi connectivity index (χ3n) is 6.08. The molecule has 0 spiro atoms. The summed E-state index contributed by atoms with van der Waals surface area (Å²) in [7, 11) is 1.29. The lowest BCUT2D eigenvalue weighted by atomic mass is 9.98. The average Bonchev–Trinajstić information content (AvgIpc) is 3.41. The molecule has 0 N–H and O–H groups in total. The molecule has 0 saturated heterocycles. The fourth-order valence-electron chi connectivity index (χ4n) is 4.31. The number of esters is 1. The van der Waals surface area contributed by atoms with E-state index in [1.165, 1.54) is 12.0 Å². The molecule has 1 atom stereocenters. The smallest absolute Gasteiger partial charge is 0.350 e. The summed E-state index contributed by atoms with van der Waals surface area (Å²) in [5.74, 6) is -0.436. The number of unbranched alkanes of at least 4 members (excludes halogenated alkanes) is 1. The first-order valence-corrected chi connectivity index (χ1v) is 12.4. The Balaban J connectivity index is 1.70. The Morgan fingerprint density at radius 2 is 1.97 bits per heavy atom. The lowest BCUT2D eigenvalue weighted by Crippen LogP contribution is -2.29. The summed E-state index contributed by atoms with van der Waals surface area (Å²) in [4.78, 5) is 45.9. The Bertz CT molecular complexity index is 1540. The zero-order valence-electron chi connectivity index (χ0n) is 20.1. The number of hydrogen-bond acceptors (Lipinski definition) is 8. The van der Waals surface area contributed by atoms with Crippen LogP contribution in [-0.2, 0) is 4.74 Å². The van der Waals surface area contributed by atoms with Crippen molar-refractivity contribution in [2.45, 2.75) is 32.7 Å². The number of aryl methyl sites for hydroxylation is 1. The van der Waals surface area contributed by atoms with Crippen molar-refractivity contribution in [3.8, 4) is 5.75 Å². The van der Waals surface area contributed by atoms with Gasteiger partial charge in [0.25, 0.3) is 5.91 Å². The van der Waals surface area contributed by atoms with E-state index >= 15 is 0 Å². The molecule has 0 aliphatic carbocycles. The first kappa shape index (κ1) is 23.7. The van der Waals surface area contributed by atoms with Gasteiger partial charge in [-0.15, -0.1) is 0 Å². The molecule has 1 aliphatic rings.